The lowest BCUT2D eigenvalue weighted by Gasteiger charge is -2.32. The molecule has 0 aromatic carbocycles. The number of carbonyl (C=O) groups is 1. The van der Waals surface area contributed by atoms with Gasteiger partial charge in [-0.05, 0) is 33.8 Å². The Morgan fingerprint density at radius 3 is 2.33 bits per heavy atom. The van der Waals surface area contributed by atoms with Crippen LogP contribution in [0.2, 0.25) is 0 Å². The molecule has 4 nitrogen and oxygen atoms in total. The minimum Gasteiger partial charge on any atom is -0.399 e. The largest absolute Gasteiger partial charge is 0.497 e. The first-order valence-electron chi connectivity index (χ1n) is 5.74. The van der Waals surface area contributed by atoms with E-state index in [9.17, 15) is 9.18 Å². The zero-order valence-electron chi connectivity index (χ0n) is 10.9. The monoisotopic (exact) mass is 251 g/mol. The molecular formula is C12H15BFNO3. The van der Waals surface area contributed by atoms with Crippen LogP contribution in [0.15, 0.2) is 12.3 Å². The van der Waals surface area contributed by atoms with Crippen LogP contribution in [0, 0.1) is 5.82 Å². The molecule has 0 saturated carbocycles. The highest BCUT2D eigenvalue weighted by Crippen LogP contribution is 2.36. The molecule has 1 saturated heterocycles. The van der Waals surface area contributed by atoms with E-state index >= 15 is 0 Å². The van der Waals surface area contributed by atoms with E-state index in [1.54, 1.807) is 0 Å². The molecule has 1 aromatic rings. The van der Waals surface area contributed by atoms with Gasteiger partial charge in [-0.25, -0.2) is 4.39 Å². The van der Waals surface area contributed by atoms with Crippen LogP contribution in [-0.4, -0.2) is 29.6 Å². The van der Waals surface area contributed by atoms with Gasteiger partial charge in [0.25, 0.3) is 0 Å². The van der Waals surface area contributed by atoms with E-state index in [4.69, 9.17) is 9.31 Å². The van der Waals surface area contributed by atoms with Gasteiger partial charge in [0.1, 0.15) is 5.69 Å². The molecule has 0 aliphatic carbocycles. The molecule has 0 bridgehead atoms. The van der Waals surface area contributed by atoms with Crippen molar-refractivity contribution in [2.24, 2.45) is 0 Å². The van der Waals surface area contributed by atoms with Gasteiger partial charge in [-0.3, -0.25) is 9.78 Å². The molecule has 2 heterocycles. The molecule has 96 valence electrons. The summed E-state index contributed by atoms with van der Waals surface area (Å²) in [5, 5.41) is 0. The van der Waals surface area contributed by atoms with Crippen molar-refractivity contribution >= 4 is 18.9 Å². The molecule has 0 atom stereocenters. The van der Waals surface area contributed by atoms with Gasteiger partial charge < -0.3 is 9.31 Å². The molecule has 0 unspecified atom stereocenters. The Hall–Kier alpha value is -1.27. The second-order valence-corrected chi connectivity index (χ2v) is 5.31. The van der Waals surface area contributed by atoms with Crippen LogP contribution in [-0.2, 0) is 9.31 Å². The van der Waals surface area contributed by atoms with Crippen molar-refractivity contribution in [1.82, 2.24) is 4.98 Å². The van der Waals surface area contributed by atoms with Gasteiger partial charge in [0.2, 0.25) is 0 Å². The van der Waals surface area contributed by atoms with E-state index in [0.717, 1.165) is 0 Å². The zero-order valence-corrected chi connectivity index (χ0v) is 10.9. The smallest absolute Gasteiger partial charge is 0.399 e. The molecule has 1 fully saturated rings. The van der Waals surface area contributed by atoms with Crippen LogP contribution in [0.3, 0.4) is 0 Å². The van der Waals surface area contributed by atoms with Crippen LogP contribution < -0.4 is 5.46 Å². The van der Waals surface area contributed by atoms with Crippen LogP contribution >= 0.6 is 0 Å². The van der Waals surface area contributed by atoms with E-state index in [1.165, 1.54) is 12.3 Å². The summed E-state index contributed by atoms with van der Waals surface area (Å²) >= 11 is 0. The Labute approximate surface area is 106 Å². The Balaban J connectivity index is 2.38. The van der Waals surface area contributed by atoms with Crippen molar-refractivity contribution in [1.29, 1.82) is 0 Å². The van der Waals surface area contributed by atoms with Gasteiger partial charge in [0, 0.05) is 11.7 Å². The van der Waals surface area contributed by atoms with Gasteiger partial charge in [-0.1, -0.05) is 0 Å². The fraction of sp³-hybridized carbons (Fsp3) is 0.500. The summed E-state index contributed by atoms with van der Waals surface area (Å²) in [5.41, 5.74) is -1.13. The summed E-state index contributed by atoms with van der Waals surface area (Å²) in [7, 11) is -0.822. The lowest BCUT2D eigenvalue weighted by atomic mass is 9.79. The van der Waals surface area contributed by atoms with Crippen molar-refractivity contribution in [3.63, 3.8) is 0 Å². The van der Waals surface area contributed by atoms with Crippen molar-refractivity contribution in [3.8, 4) is 0 Å². The van der Waals surface area contributed by atoms with Crippen molar-refractivity contribution < 1.29 is 18.5 Å². The normalized spacial score (nSPS) is 21.1. The topological polar surface area (TPSA) is 48.4 Å². The number of rotatable bonds is 2. The quantitative estimate of drug-likeness (QED) is 0.587. The first-order chi connectivity index (χ1) is 8.28. The van der Waals surface area contributed by atoms with E-state index in [2.05, 4.69) is 4.98 Å². The van der Waals surface area contributed by atoms with Crippen molar-refractivity contribution in [2.45, 2.75) is 38.9 Å². The predicted octanol–water partition coefficient (Wildman–Crippen LogP) is 1.33. The minimum absolute atomic E-state index is 0.200. The molecule has 2 rings (SSSR count). The fourth-order valence-electron chi connectivity index (χ4n) is 1.71. The second-order valence-electron chi connectivity index (χ2n) is 5.31. The average Bonchev–Trinajstić information content (AvgIpc) is 2.48. The summed E-state index contributed by atoms with van der Waals surface area (Å²) < 4.78 is 25.4. The molecule has 6 heteroatoms. The molecule has 1 aliphatic rings. The van der Waals surface area contributed by atoms with Gasteiger partial charge in [-0.15, -0.1) is 0 Å². The molecule has 1 aromatic heterocycles. The van der Waals surface area contributed by atoms with Gasteiger partial charge in [-0.2, -0.15) is 0 Å². The Morgan fingerprint density at radius 2 is 1.83 bits per heavy atom. The maximum atomic E-state index is 14.0. The van der Waals surface area contributed by atoms with E-state index in [-0.39, 0.29) is 11.2 Å². The number of aromatic nitrogens is 1. The van der Waals surface area contributed by atoms with E-state index in [1.807, 2.05) is 27.7 Å². The highest BCUT2D eigenvalue weighted by atomic mass is 19.1. The number of nitrogens with zero attached hydrogens (tertiary/aromatic N) is 1. The highest BCUT2D eigenvalue weighted by molar-refractivity contribution is 6.62. The van der Waals surface area contributed by atoms with Crippen LogP contribution in [0.5, 0.6) is 0 Å². The number of pyridine rings is 1. The van der Waals surface area contributed by atoms with Crippen LogP contribution in [0.1, 0.15) is 38.2 Å². The highest BCUT2D eigenvalue weighted by Gasteiger charge is 2.52. The number of carbonyl (C=O) groups excluding carboxylic acids is 1. The number of aldehydes is 1. The third-order valence-electron chi connectivity index (χ3n) is 3.56. The van der Waals surface area contributed by atoms with Gasteiger partial charge in [0.05, 0.1) is 11.2 Å². The maximum Gasteiger partial charge on any atom is 0.497 e. The predicted molar refractivity (Wildman–Crippen MR) is 65.3 cm³/mol. The molecule has 0 amide bonds. The summed E-state index contributed by atoms with van der Waals surface area (Å²) in [5.74, 6) is -0.689. The maximum absolute atomic E-state index is 14.0. The molecule has 1 aliphatic heterocycles. The Kier molecular flexibility index (Phi) is 3.03. The lowest BCUT2D eigenvalue weighted by Crippen LogP contribution is -2.41. The third-order valence-corrected chi connectivity index (χ3v) is 3.56. The molecular weight excluding hydrogens is 236 g/mol. The number of hydrogen-bond donors (Lipinski definition) is 0. The SMILES string of the molecule is CC1(C)OB(c2ccnc(C=O)c2F)OC1(C)C. The molecule has 0 spiro atoms. The fourth-order valence-corrected chi connectivity index (χ4v) is 1.71. The average molecular weight is 251 g/mol. The second kappa shape index (κ2) is 4.14. The minimum atomic E-state index is -0.822. The first-order valence-corrected chi connectivity index (χ1v) is 5.74. The van der Waals surface area contributed by atoms with Crippen LogP contribution in [0.4, 0.5) is 4.39 Å². The Morgan fingerprint density at radius 1 is 1.28 bits per heavy atom. The molecule has 0 radical (unpaired) electrons. The molecule has 18 heavy (non-hydrogen) atoms. The Bertz CT molecular complexity index is 474. The van der Waals surface area contributed by atoms with Crippen molar-refractivity contribution in [3.05, 3.63) is 23.8 Å². The lowest BCUT2D eigenvalue weighted by molar-refractivity contribution is 0.00578. The van der Waals surface area contributed by atoms with Crippen molar-refractivity contribution in [2.75, 3.05) is 0 Å². The standard InChI is InChI=1S/C12H15BFNO3/c1-11(2)12(3,4)18-13(17-11)8-5-6-15-9(7-16)10(8)14/h5-7H,1-4H3. The summed E-state index contributed by atoms with van der Waals surface area (Å²) in [6, 6.07) is 1.46. The van der Waals surface area contributed by atoms with Crippen LogP contribution in [0.25, 0.3) is 0 Å². The first kappa shape index (κ1) is 13.2. The molecule has 0 N–H and O–H groups in total. The summed E-state index contributed by atoms with van der Waals surface area (Å²) in [4.78, 5) is 14.3. The number of hydrogen-bond acceptors (Lipinski definition) is 4. The van der Waals surface area contributed by atoms with E-state index in [0.29, 0.717) is 6.29 Å². The van der Waals surface area contributed by atoms with Gasteiger partial charge in [0.15, 0.2) is 12.1 Å². The van der Waals surface area contributed by atoms with E-state index < -0.39 is 24.1 Å². The van der Waals surface area contributed by atoms with Gasteiger partial charge >= 0.3 is 7.12 Å². The summed E-state index contributed by atoms with van der Waals surface area (Å²) in [6.07, 6.45) is 1.75. The third kappa shape index (κ3) is 1.95. The zero-order chi connectivity index (χ0) is 13.6. The summed E-state index contributed by atoms with van der Waals surface area (Å²) in [6.45, 7) is 7.53. The number of halogens is 1.